The molecule has 0 radical (unpaired) electrons. The van der Waals surface area contributed by atoms with E-state index in [0.717, 1.165) is 0 Å². The van der Waals surface area contributed by atoms with Crippen LogP contribution in [0.15, 0.2) is 0 Å². The Morgan fingerprint density at radius 3 is 2.36 bits per heavy atom. The molecule has 66 valence electrons. The molecule has 1 atom stereocenters. The molecule has 1 unspecified atom stereocenters. The number of aldehydes is 1. The summed E-state index contributed by atoms with van der Waals surface area (Å²) in [4.78, 5) is 9.83. The highest BCUT2D eigenvalue weighted by atomic mass is 16.5. The van der Waals surface area contributed by atoms with E-state index in [0.29, 0.717) is 6.29 Å². The molecule has 0 bridgehead atoms. The van der Waals surface area contributed by atoms with Crippen molar-refractivity contribution in [2.75, 3.05) is 6.61 Å². The Balaban J connectivity index is 3.79. The van der Waals surface area contributed by atoms with Gasteiger partial charge in [0.05, 0.1) is 19.1 Å². The van der Waals surface area contributed by atoms with Crippen molar-refractivity contribution in [3.8, 4) is 0 Å². The van der Waals surface area contributed by atoms with Gasteiger partial charge in [0.1, 0.15) is 6.29 Å². The van der Waals surface area contributed by atoms with Crippen molar-refractivity contribution in [2.24, 2.45) is 0 Å². The fourth-order valence-corrected chi connectivity index (χ4v) is 0.659. The fraction of sp³-hybridized carbons (Fsp3) is 0.833. The van der Waals surface area contributed by atoms with Gasteiger partial charge in [0, 0.05) is 6.42 Å². The molecule has 0 aromatic carbocycles. The normalized spacial score (nSPS) is 14.5. The molecule has 0 rings (SSSR count). The van der Waals surface area contributed by atoms with Crippen molar-refractivity contribution in [3.63, 3.8) is 0 Å². The molecule has 0 spiro atoms. The van der Waals surface area contributed by atoms with Crippen molar-refractivity contribution in [3.05, 3.63) is 0 Å². The van der Waals surface area contributed by atoms with Gasteiger partial charge in [0.25, 0.3) is 0 Å². The van der Waals surface area contributed by atoms with Crippen LogP contribution in [0.5, 0.6) is 0 Å². The quantitative estimate of drug-likeness (QED) is 0.278. The highest BCUT2D eigenvalue weighted by Gasteiger charge is 2.25. The van der Waals surface area contributed by atoms with Gasteiger partial charge in [-0.3, -0.25) is 0 Å². The topological polar surface area (TPSA) is 98.0 Å². The van der Waals surface area contributed by atoms with E-state index in [4.69, 9.17) is 20.4 Å². The molecule has 0 aliphatic rings. The minimum atomic E-state index is -2.20. The van der Waals surface area contributed by atoms with E-state index >= 15 is 0 Å². The molecule has 0 aromatic rings. The monoisotopic (exact) mass is 164 g/mol. The second-order valence-corrected chi connectivity index (χ2v) is 2.39. The van der Waals surface area contributed by atoms with Crippen LogP contribution in [-0.4, -0.2) is 45.2 Å². The van der Waals surface area contributed by atoms with Gasteiger partial charge >= 0.3 is 0 Å². The lowest BCUT2D eigenvalue weighted by atomic mass is 10.1. The predicted octanol–water partition coefficient (Wildman–Crippen LogP) is -2.00. The molecule has 0 aromatic heterocycles. The van der Waals surface area contributed by atoms with E-state index in [2.05, 4.69) is 0 Å². The molecule has 0 aliphatic carbocycles. The third-order valence-corrected chi connectivity index (χ3v) is 1.18. The summed E-state index contributed by atoms with van der Waals surface area (Å²) in [5.74, 6) is -2.20. The Hall–Kier alpha value is -0.490. The van der Waals surface area contributed by atoms with Crippen molar-refractivity contribution in [1.82, 2.24) is 0 Å². The van der Waals surface area contributed by atoms with Gasteiger partial charge < -0.3 is 25.2 Å². The first-order chi connectivity index (χ1) is 5.02. The summed E-state index contributed by atoms with van der Waals surface area (Å²) in [6.45, 7) is -0.554. The van der Waals surface area contributed by atoms with Gasteiger partial charge in [0.15, 0.2) is 5.79 Å². The minimum Gasteiger partial charge on any atom is -0.394 e. The smallest absolute Gasteiger partial charge is 0.171 e. The number of carbonyl (C=O) groups excluding carboxylic acids is 1. The van der Waals surface area contributed by atoms with Gasteiger partial charge in [-0.1, -0.05) is 0 Å². The zero-order valence-electron chi connectivity index (χ0n) is 5.97. The summed E-state index contributed by atoms with van der Waals surface area (Å²) in [7, 11) is 0. The van der Waals surface area contributed by atoms with Crippen LogP contribution in [0.25, 0.3) is 0 Å². The van der Waals surface area contributed by atoms with Crippen molar-refractivity contribution in [1.29, 1.82) is 0 Å². The summed E-state index contributed by atoms with van der Waals surface area (Å²) in [6.07, 6.45) is -1.76. The third kappa shape index (κ3) is 4.86. The Morgan fingerprint density at radius 1 is 1.45 bits per heavy atom. The molecule has 11 heavy (non-hydrogen) atoms. The van der Waals surface area contributed by atoms with Crippen LogP contribution in [0.1, 0.15) is 12.8 Å². The van der Waals surface area contributed by atoms with Crippen LogP contribution < -0.4 is 0 Å². The molecule has 0 saturated heterocycles. The molecule has 0 fully saturated rings. The number of aliphatic hydroxyl groups is 4. The van der Waals surface area contributed by atoms with Gasteiger partial charge in [-0.15, -0.1) is 0 Å². The maximum Gasteiger partial charge on any atom is 0.171 e. The predicted molar refractivity (Wildman–Crippen MR) is 35.6 cm³/mol. The number of carbonyl (C=O) groups is 1. The van der Waals surface area contributed by atoms with Crippen molar-refractivity contribution >= 4 is 6.29 Å². The second-order valence-electron chi connectivity index (χ2n) is 2.39. The highest BCUT2D eigenvalue weighted by molar-refractivity contribution is 5.50. The zero-order valence-corrected chi connectivity index (χ0v) is 5.97. The van der Waals surface area contributed by atoms with Crippen LogP contribution in [0.2, 0.25) is 0 Å². The Labute approximate surface area is 63.9 Å². The van der Waals surface area contributed by atoms with E-state index < -0.39 is 31.3 Å². The molecule has 5 heteroatoms. The van der Waals surface area contributed by atoms with E-state index in [-0.39, 0.29) is 0 Å². The van der Waals surface area contributed by atoms with E-state index in [1.165, 1.54) is 0 Å². The lowest BCUT2D eigenvalue weighted by molar-refractivity contribution is -0.185. The average molecular weight is 164 g/mol. The summed E-state index contributed by atoms with van der Waals surface area (Å²) in [6, 6.07) is 0. The first kappa shape index (κ1) is 10.5. The van der Waals surface area contributed by atoms with E-state index in [9.17, 15) is 4.79 Å². The Kier molecular flexibility index (Phi) is 4.20. The molecule has 0 aliphatic heterocycles. The second kappa shape index (κ2) is 4.40. The van der Waals surface area contributed by atoms with Crippen molar-refractivity contribution < 1.29 is 25.2 Å². The molecular formula is C6H12O5. The Bertz CT molecular complexity index is 122. The van der Waals surface area contributed by atoms with Gasteiger partial charge in [0.2, 0.25) is 0 Å². The van der Waals surface area contributed by atoms with Gasteiger partial charge in [-0.05, 0) is 0 Å². The van der Waals surface area contributed by atoms with Crippen molar-refractivity contribution in [2.45, 2.75) is 24.7 Å². The summed E-state index contributed by atoms with van der Waals surface area (Å²) < 4.78 is 0. The number of aliphatic hydroxyl groups excluding tert-OH is 2. The number of rotatable bonds is 5. The first-order valence-electron chi connectivity index (χ1n) is 3.19. The molecule has 5 nitrogen and oxygen atoms in total. The molecule has 0 heterocycles. The molecule has 4 N–H and O–H groups in total. The largest absolute Gasteiger partial charge is 0.394 e. The first-order valence-corrected chi connectivity index (χ1v) is 3.19. The van der Waals surface area contributed by atoms with Crippen LogP contribution in [0.3, 0.4) is 0 Å². The maximum absolute atomic E-state index is 9.83. The fourth-order valence-electron chi connectivity index (χ4n) is 0.659. The summed E-state index contributed by atoms with van der Waals surface area (Å²) in [5.41, 5.74) is 0. The van der Waals surface area contributed by atoms with Gasteiger partial charge in [-0.25, -0.2) is 0 Å². The maximum atomic E-state index is 9.83. The average Bonchev–Trinajstić information content (AvgIpc) is 1.86. The van der Waals surface area contributed by atoms with Crippen LogP contribution >= 0.6 is 0 Å². The molecule has 0 amide bonds. The highest BCUT2D eigenvalue weighted by Crippen LogP contribution is 2.11. The van der Waals surface area contributed by atoms with Crippen LogP contribution in [0.4, 0.5) is 0 Å². The summed E-state index contributed by atoms with van der Waals surface area (Å²) in [5, 5.41) is 34.8. The van der Waals surface area contributed by atoms with E-state index in [1.54, 1.807) is 0 Å². The minimum absolute atomic E-state index is 0.337. The lowest BCUT2D eigenvalue weighted by Gasteiger charge is -2.20. The van der Waals surface area contributed by atoms with E-state index in [1.807, 2.05) is 0 Å². The molecule has 0 saturated carbocycles. The number of hydrogen-bond acceptors (Lipinski definition) is 5. The SMILES string of the molecule is O=CCC(O)(O)CC(O)CO. The Morgan fingerprint density at radius 2 is 2.00 bits per heavy atom. The van der Waals surface area contributed by atoms with Gasteiger partial charge in [-0.2, -0.15) is 0 Å². The van der Waals surface area contributed by atoms with Crippen LogP contribution in [-0.2, 0) is 4.79 Å². The number of hydrogen-bond donors (Lipinski definition) is 4. The van der Waals surface area contributed by atoms with Crippen LogP contribution in [0, 0.1) is 0 Å². The third-order valence-electron chi connectivity index (χ3n) is 1.18. The zero-order chi connectivity index (χ0) is 8.91. The molecular weight excluding hydrogens is 152 g/mol. The summed E-state index contributed by atoms with van der Waals surface area (Å²) >= 11 is 0. The standard InChI is InChI=1S/C6H12O5/c7-2-1-6(10,11)3-5(9)4-8/h2,5,8-11H,1,3-4H2. The lowest BCUT2D eigenvalue weighted by Crippen LogP contribution is -2.34.